The Morgan fingerprint density at radius 1 is 1.33 bits per heavy atom. The molecule has 0 unspecified atom stereocenters. The van der Waals surface area contributed by atoms with Crippen molar-refractivity contribution in [1.82, 2.24) is 0 Å². The van der Waals surface area contributed by atoms with Crippen LogP contribution in [0.2, 0.25) is 0 Å². The number of hydrogen-bond acceptors (Lipinski definition) is 4. The van der Waals surface area contributed by atoms with Gasteiger partial charge in [-0.1, -0.05) is 18.2 Å². The molecule has 1 aliphatic heterocycles. The SMILES string of the molecule is C[C@@H]1O[C@@H](CO)[C@H](c2ccccc2N)O1. The molecule has 1 heterocycles. The summed E-state index contributed by atoms with van der Waals surface area (Å²) in [5.41, 5.74) is 7.39. The first-order valence-corrected chi connectivity index (χ1v) is 4.98. The van der Waals surface area contributed by atoms with E-state index in [1.165, 1.54) is 0 Å². The highest BCUT2D eigenvalue weighted by Gasteiger charge is 2.35. The van der Waals surface area contributed by atoms with Crippen LogP contribution in [0.15, 0.2) is 24.3 Å². The summed E-state index contributed by atoms with van der Waals surface area (Å²) in [5, 5.41) is 9.16. The summed E-state index contributed by atoms with van der Waals surface area (Å²) >= 11 is 0. The third-order valence-electron chi connectivity index (χ3n) is 2.52. The van der Waals surface area contributed by atoms with Gasteiger partial charge in [-0.15, -0.1) is 0 Å². The largest absolute Gasteiger partial charge is 0.398 e. The molecule has 15 heavy (non-hydrogen) atoms. The molecule has 4 nitrogen and oxygen atoms in total. The summed E-state index contributed by atoms with van der Waals surface area (Å²) in [6.07, 6.45) is -0.900. The quantitative estimate of drug-likeness (QED) is 0.715. The van der Waals surface area contributed by atoms with Gasteiger partial charge in [0.05, 0.1) is 6.61 Å². The van der Waals surface area contributed by atoms with Gasteiger partial charge in [-0.25, -0.2) is 0 Å². The van der Waals surface area contributed by atoms with Crippen molar-refractivity contribution in [3.8, 4) is 0 Å². The van der Waals surface area contributed by atoms with Crippen molar-refractivity contribution >= 4 is 5.69 Å². The Labute approximate surface area is 88.6 Å². The second-order valence-electron chi connectivity index (χ2n) is 3.61. The summed E-state index contributed by atoms with van der Waals surface area (Å²) in [7, 11) is 0. The topological polar surface area (TPSA) is 64.7 Å². The second kappa shape index (κ2) is 4.18. The number of hydrogen-bond donors (Lipinski definition) is 2. The van der Waals surface area contributed by atoms with Gasteiger partial charge in [0.2, 0.25) is 0 Å². The number of rotatable bonds is 2. The first-order chi connectivity index (χ1) is 7.22. The fraction of sp³-hybridized carbons (Fsp3) is 0.455. The molecule has 0 bridgehead atoms. The summed E-state index contributed by atoms with van der Waals surface area (Å²) < 4.78 is 11.0. The van der Waals surface area contributed by atoms with Crippen LogP contribution >= 0.6 is 0 Å². The Balaban J connectivity index is 2.26. The van der Waals surface area contributed by atoms with Crippen molar-refractivity contribution in [2.75, 3.05) is 12.3 Å². The normalized spacial score (nSPS) is 30.7. The van der Waals surface area contributed by atoms with Crippen LogP contribution in [0.4, 0.5) is 5.69 Å². The monoisotopic (exact) mass is 209 g/mol. The maximum Gasteiger partial charge on any atom is 0.156 e. The Bertz CT molecular complexity index is 342. The van der Waals surface area contributed by atoms with Crippen molar-refractivity contribution < 1.29 is 14.6 Å². The van der Waals surface area contributed by atoms with Gasteiger partial charge in [-0.05, 0) is 13.0 Å². The number of anilines is 1. The molecule has 0 aromatic heterocycles. The van der Waals surface area contributed by atoms with Gasteiger partial charge >= 0.3 is 0 Å². The number of ether oxygens (including phenoxy) is 2. The fourth-order valence-corrected chi connectivity index (χ4v) is 1.83. The van der Waals surface area contributed by atoms with Gasteiger partial charge in [0, 0.05) is 11.3 Å². The average molecular weight is 209 g/mol. The van der Waals surface area contributed by atoms with Crippen LogP contribution in [-0.2, 0) is 9.47 Å². The second-order valence-corrected chi connectivity index (χ2v) is 3.61. The van der Waals surface area contributed by atoms with E-state index in [0.717, 1.165) is 5.56 Å². The Morgan fingerprint density at radius 2 is 2.07 bits per heavy atom. The van der Waals surface area contributed by atoms with Gasteiger partial charge in [0.25, 0.3) is 0 Å². The first kappa shape index (κ1) is 10.4. The summed E-state index contributed by atoms with van der Waals surface area (Å²) in [5.74, 6) is 0. The molecule has 3 N–H and O–H groups in total. The maximum absolute atomic E-state index is 9.16. The van der Waals surface area contributed by atoms with E-state index in [1.807, 2.05) is 31.2 Å². The molecule has 1 aromatic rings. The number of para-hydroxylation sites is 1. The van der Waals surface area contributed by atoms with Crippen LogP contribution in [0.1, 0.15) is 18.6 Å². The molecule has 1 aliphatic rings. The average Bonchev–Trinajstić information content (AvgIpc) is 2.60. The molecule has 1 aromatic carbocycles. The Kier molecular flexibility index (Phi) is 2.90. The third-order valence-corrected chi connectivity index (χ3v) is 2.52. The minimum Gasteiger partial charge on any atom is -0.398 e. The molecule has 0 radical (unpaired) electrons. The molecule has 4 heteroatoms. The minimum atomic E-state index is -0.329. The van der Waals surface area contributed by atoms with E-state index in [1.54, 1.807) is 0 Å². The third kappa shape index (κ3) is 1.97. The van der Waals surface area contributed by atoms with Crippen LogP contribution in [0, 0.1) is 0 Å². The highest BCUT2D eigenvalue weighted by Crippen LogP contribution is 2.34. The molecular formula is C11H15NO3. The summed E-state index contributed by atoms with van der Waals surface area (Å²) in [6.45, 7) is 1.74. The smallest absolute Gasteiger partial charge is 0.156 e. The highest BCUT2D eigenvalue weighted by molar-refractivity contribution is 5.48. The lowest BCUT2D eigenvalue weighted by molar-refractivity contribution is -0.0563. The molecule has 1 saturated heterocycles. The molecule has 0 spiro atoms. The summed E-state index contributed by atoms with van der Waals surface area (Å²) in [4.78, 5) is 0. The number of nitrogen functional groups attached to an aromatic ring is 1. The molecule has 0 aliphatic carbocycles. The minimum absolute atomic E-state index is 0.0661. The number of benzene rings is 1. The van der Waals surface area contributed by atoms with Crippen molar-refractivity contribution in [2.24, 2.45) is 0 Å². The molecule has 3 atom stereocenters. The zero-order valence-electron chi connectivity index (χ0n) is 8.59. The van der Waals surface area contributed by atoms with E-state index < -0.39 is 0 Å². The fourth-order valence-electron chi connectivity index (χ4n) is 1.83. The van der Waals surface area contributed by atoms with Crippen molar-refractivity contribution in [2.45, 2.75) is 25.4 Å². The number of nitrogens with two attached hydrogens (primary N) is 1. The van der Waals surface area contributed by atoms with Gasteiger partial charge in [0.15, 0.2) is 6.29 Å². The summed E-state index contributed by atoms with van der Waals surface area (Å²) in [6, 6.07) is 7.47. The Hall–Kier alpha value is -1.10. The molecule has 0 saturated carbocycles. The molecule has 2 rings (SSSR count). The first-order valence-electron chi connectivity index (χ1n) is 4.98. The van der Waals surface area contributed by atoms with Crippen molar-refractivity contribution in [3.63, 3.8) is 0 Å². The van der Waals surface area contributed by atoms with Gasteiger partial charge in [-0.2, -0.15) is 0 Å². The zero-order valence-corrected chi connectivity index (χ0v) is 8.59. The van der Waals surface area contributed by atoms with Crippen LogP contribution in [0.3, 0.4) is 0 Å². The lowest BCUT2D eigenvalue weighted by Gasteiger charge is -2.16. The number of aliphatic hydroxyl groups is 1. The zero-order chi connectivity index (χ0) is 10.8. The number of aliphatic hydroxyl groups excluding tert-OH is 1. The van der Waals surface area contributed by atoms with E-state index in [2.05, 4.69) is 0 Å². The predicted molar refractivity (Wildman–Crippen MR) is 56.1 cm³/mol. The van der Waals surface area contributed by atoms with Gasteiger partial charge < -0.3 is 20.3 Å². The lowest BCUT2D eigenvalue weighted by atomic mass is 10.0. The molecule has 0 amide bonds. The van der Waals surface area contributed by atoms with E-state index >= 15 is 0 Å². The van der Waals surface area contributed by atoms with E-state index in [9.17, 15) is 0 Å². The molecule has 1 fully saturated rings. The van der Waals surface area contributed by atoms with Crippen LogP contribution in [-0.4, -0.2) is 24.1 Å². The van der Waals surface area contributed by atoms with E-state index in [0.29, 0.717) is 5.69 Å². The molecular weight excluding hydrogens is 194 g/mol. The standard InChI is InChI=1S/C11H15NO3/c1-7-14-10(6-13)11(15-7)8-4-2-3-5-9(8)12/h2-5,7,10-11,13H,6,12H2,1H3/t7-,10+,11+/m1/s1. The Morgan fingerprint density at radius 3 is 2.73 bits per heavy atom. The van der Waals surface area contributed by atoms with Gasteiger partial charge in [-0.3, -0.25) is 0 Å². The van der Waals surface area contributed by atoms with Crippen molar-refractivity contribution in [1.29, 1.82) is 0 Å². The maximum atomic E-state index is 9.16. The van der Waals surface area contributed by atoms with Gasteiger partial charge in [0.1, 0.15) is 12.2 Å². The van der Waals surface area contributed by atoms with Crippen molar-refractivity contribution in [3.05, 3.63) is 29.8 Å². The molecule has 82 valence electrons. The predicted octanol–water partition coefficient (Wildman–Crippen LogP) is 1.06. The lowest BCUT2D eigenvalue weighted by Crippen LogP contribution is -2.20. The van der Waals surface area contributed by atoms with Crippen LogP contribution in [0.5, 0.6) is 0 Å². The van der Waals surface area contributed by atoms with E-state index in [4.69, 9.17) is 20.3 Å². The van der Waals surface area contributed by atoms with Crippen LogP contribution < -0.4 is 5.73 Å². The van der Waals surface area contributed by atoms with E-state index in [-0.39, 0.29) is 25.1 Å². The van der Waals surface area contributed by atoms with Crippen LogP contribution in [0.25, 0.3) is 0 Å². The highest BCUT2D eigenvalue weighted by atomic mass is 16.7.